The van der Waals surface area contributed by atoms with Crippen molar-refractivity contribution < 1.29 is 9.90 Å². The number of nitrogens with zero attached hydrogens (tertiary/aromatic N) is 2. The molecule has 3 N–H and O–H groups in total. The Morgan fingerprint density at radius 3 is 2.68 bits per heavy atom. The van der Waals surface area contributed by atoms with Crippen LogP contribution in [-0.4, -0.2) is 27.6 Å². The Labute approximate surface area is 110 Å². The molecule has 0 atom stereocenters. The SMILES string of the molecule is CCNc1nc(Nc2ccccc2)ncc1C(=O)O. The summed E-state index contributed by atoms with van der Waals surface area (Å²) < 4.78 is 0. The Balaban J connectivity index is 2.27. The van der Waals surface area contributed by atoms with Crippen LogP contribution in [0.1, 0.15) is 17.3 Å². The Morgan fingerprint density at radius 1 is 1.32 bits per heavy atom. The van der Waals surface area contributed by atoms with E-state index in [4.69, 9.17) is 5.11 Å². The molecule has 0 aliphatic rings. The summed E-state index contributed by atoms with van der Waals surface area (Å²) in [5, 5.41) is 15.0. The predicted octanol–water partition coefficient (Wildman–Crippen LogP) is 2.35. The topological polar surface area (TPSA) is 87.1 Å². The lowest BCUT2D eigenvalue weighted by Gasteiger charge is -2.09. The number of benzene rings is 1. The van der Waals surface area contributed by atoms with E-state index in [0.717, 1.165) is 5.69 Å². The van der Waals surface area contributed by atoms with Gasteiger partial charge < -0.3 is 15.7 Å². The Hall–Kier alpha value is -2.63. The Bertz CT molecular complexity index is 572. The van der Waals surface area contributed by atoms with Gasteiger partial charge in [0.15, 0.2) is 0 Å². The Kier molecular flexibility index (Phi) is 3.92. The van der Waals surface area contributed by atoms with E-state index in [1.54, 1.807) is 0 Å². The fraction of sp³-hybridized carbons (Fsp3) is 0.154. The van der Waals surface area contributed by atoms with Gasteiger partial charge in [0, 0.05) is 18.4 Å². The molecule has 0 aliphatic carbocycles. The zero-order valence-corrected chi connectivity index (χ0v) is 10.4. The van der Waals surface area contributed by atoms with E-state index in [0.29, 0.717) is 18.3 Å². The van der Waals surface area contributed by atoms with Crippen LogP contribution in [0.3, 0.4) is 0 Å². The van der Waals surface area contributed by atoms with Crippen LogP contribution in [0, 0.1) is 0 Å². The summed E-state index contributed by atoms with van der Waals surface area (Å²) in [7, 11) is 0. The highest BCUT2D eigenvalue weighted by atomic mass is 16.4. The fourth-order valence-corrected chi connectivity index (χ4v) is 1.55. The number of hydrogen-bond acceptors (Lipinski definition) is 5. The minimum Gasteiger partial charge on any atom is -0.477 e. The number of nitrogens with one attached hydrogen (secondary N) is 2. The van der Waals surface area contributed by atoms with Crippen molar-refractivity contribution in [1.82, 2.24) is 9.97 Å². The molecular formula is C13H14N4O2. The summed E-state index contributed by atoms with van der Waals surface area (Å²) in [5.74, 6) is -0.391. The van der Waals surface area contributed by atoms with Crippen molar-refractivity contribution in [1.29, 1.82) is 0 Å². The van der Waals surface area contributed by atoms with Gasteiger partial charge in [0.25, 0.3) is 0 Å². The van der Waals surface area contributed by atoms with Crippen LogP contribution in [-0.2, 0) is 0 Å². The highest BCUT2D eigenvalue weighted by molar-refractivity contribution is 5.93. The summed E-state index contributed by atoms with van der Waals surface area (Å²) in [6.07, 6.45) is 1.29. The predicted molar refractivity (Wildman–Crippen MR) is 72.9 cm³/mol. The maximum Gasteiger partial charge on any atom is 0.341 e. The molecule has 0 radical (unpaired) electrons. The van der Waals surface area contributed by atoms with Crippen molar-refractivity contribution in [3.8, 4) is 0 Å². The molecule has 2 rings (SSSR count). The minimum absolute atomic E-state index is 0.0560. The first-order valence-corrected chi connectivity index (χ1v) is 5.87. The van der Waals surface area contributed by atoms with E-state index in [-0.39, 0.29) is 5.56 Å². The largest absolute Gasteiger partial charge is 0.477 e. The lowest BCUT2D eigenvalue weighted by molar-refractivity contribution is 0.0697. The van der Waals surface area contributed by atoms with Crippen LogP contribution in [0.4, 0.5) is 17.5 Å². The number of aromatic nitrogens is 2. The second kappa shape index (κ2) is 5.81. The highest BCUT2D eigenvalue weighted by Crippen LogP contribution is 2.17. The first-order chi connectivity index (χ1) is 9.20. The van der Waals surface area contributed by atoms with E-state index in [2.05, 4.69) is 20.6 Å². The molecule has 0 fully saturated rings. The Morgan fingerprint density at radius 2 is 2.05 bits per heavy atom. The third kappa shape index (κ3) is 3.19. The molecule has 6 heteroatoms. The quantitative estimate of drug-likeness (QED) is 0.763. The summed E-state index contributed by atoms with van der Waals surface area (Å²) in [5.41, 5.74) is 0.897. The van der Waals surface area contributed by atoms with Crippen molar-refractivity contribution in [2.75, 3.05) is 17.2 Å². The number of carboxylic acids is 1. The molecule has 0 unspecified atom stereocenters. The number of carboxylic acid groups (broad SMARTS) is 1. The van der Waals surface area contributed by atoms with Crippen molar-refractivity contribution in [2.24, 2.45) is 0 Å². The smallest absolute Gasteiger partial charge is 0.341 e. The van der Waals surface area contributed by atoms with Crippen LogP contribution in [0.2, 0.25) is 0 Å². The normalized spacial score (nSPS) is 9.95. The maximum absolute atomic E-state index is 11.0. The molecule has 0 amide bonds. The van der Waals surface area contributed by atoms with Gasteiger partial charge in [0.1, 0.15) is 11.4 Å². The standard InChI is InChI=1S/C13H14N4O2/c1-2-14-11-10(12(18)19)8-15-13(17-11)16-9-6-4-3-5-7-9/h3-8H,2H2,1H3,(H,18,19)(H2,14,15,16,17). The summed E-state index contributed by atoms with van der Waals surface area (Å²) in [6.45, 7) is 2.46. The van der Waals surface area contributed by atoms with Gasteiger partial charge in [0.05, 0.1) is 0 Å². The zero-order valence-electron chi connectivity index (χ0n) is 10.4. The third-order valence-corrected chi connectivity index (χ3v) is 2.39. The van der Waals surface area contributed by atoms with Crippen LogP contribution < -0.4 is 10.6 Å². The molecule has 2 aromatic rings. The summed E-state index contributed by atoms with van der Waals surface area (Å²) >= 11 is 0. The van der Waals surface area contributed by atoms with Gasteiger partial charge in [0.2, 0.25) is 5.95 Å². The molecule has 1 heterocycles. The van der Waals surface area contributed by atoms with E-state index in [9.17, 15) is 4.79 Å². The van der Waals surface area contributed by atoms with Gasteiger partial charge in [-0.15, -0.1) is 0 Å². The van der Waals surface area contributed by atoms with Crippen molar-refractivity contribution >= 4 is 23.4 Å². The van der Waals surface area contributed by atoms with Crippen LogP contribution >= 0.6 is 0 Å². The van der Waals surface area contributed by atoms with E-state index >= 15 is 0 Å². The van der Waals surface area contributed by atoms with Gasteiger partial charge in [-0.3, -0.25) is 0 Å². The number of hydrogen-bond donors (Lipinski definition) is 3. The first-order valence-electron chi connectivity index (χ1n) is 5.87. The van der Waals surface area contributed by atoms with Crippen LogP contribution in [0.5, 0.6) is 0 Å². The molecular weight excluding hydrogens is 244 g/mol. The van der Waals surface area contributed by atoms with Crippen molar-refractivity contribution in [3.63, 3.8) is 0 Å². The van der Waals surface area contributed by atoms with E-state index in [1.807, 2.05) is 37.3 Å². The lowest BCUT2D eigenvalue weighted by Crippen LogP contribution is -2.10. The van der Waals surface area contributed by atoms with Gasteiger partial charge in [-0.1, -0.05) is 18.2 Å². The summed E-state index contributed by atoms with van der Waals surface area (Å²) in [4.78, 5) is 19.2. The second-order valence-corrected chi connectivity index (χ2v) is 3.78. The minimum atomic E-state index is -1.05. The average Bonchev–Trinajstić information content (AvgIpc) is 2.40. The van der Waals surface area contributed by atoms with Gasteiger partial charge in [-0.2, -0.15) is 4.98 Å². The lowest BCUT2D eigenvalue weighted by atomic mass is 10.3. The average molecular weight is 258 g/mol. The summed E-state index contributed by atoms with van der Waals surface area (Å²) in [6, 6.07) is 9.44. The highest BCUT2D eigenvalue weighted by Gasteiger charge is 2.12. The van der Waals surface area contributed by atoms with E-state index in [1.165, 1.54) is 6.20 Å². The van der Waals surface area contributed by atoms with E-state index < -0.39 is 5.97 Å². The molecule has 98 valence electrons. The van der Waals surface area contributed by atoms with Gasteiger partial charge >= 0.3 is 5.97 Å². The first kappa shape index (κ1) is 12.8. The zero-order chi connectivity index (χ0) is 13.7. The molecule has 0 spiro atoms. The molecule has 0 bridgehead atoms. The molecule has 1 aromatic heterocycles. The monoisotopic (exact) mass is 258 g/mol. The van der Waals surface area contributed by atoms with Crippen molar-refractivity contribution in [3.05, 3.63) is 42.1 Å². The molecule has 0 aliphatic heterocycles. The van der Waals surface area contributed by atoms with Gasteiger partial charge in [-0.05, 0) is 19.1 Å². The number of para-hydroxylation sites is 1. The molecule has 1 aromatic carbocycles. The van der Waals surface area contributed by atoms with Crippen LogP contribution in [0.25, 0.3) is 0 Å². The number of carbonyl (C=O) groups is 1. The molecule has 0 saturated carbocycles. The van der Waals surface area contributed by atoms with Crippen molar-refractivity contribution in [2.45, 2.75) is 6.92 Å². The second-order valence-electron chi connectivity index (χ2n) is 3.78. The number of anilines is 3. The molecule has 6 nitrogen and oxygen atoms in total. The maximum atomic E-state index is 11.0. The fourth-order valence-electron chi connectivity index (χ4n) is 1.55. The third-order valence-electron chi connectivity index (χ3n) is 2.39. The van der Waals surface area contributed by atoms with Crippen LogP contribution in [0.15, 0.2) is 36.5 Å². The molecule has 19 heavy (non-hydrogen) atoms. The number of aromatic carboxylic acids is 1. The number of rotatable bonds is 5. The van der Waals surface area contributed by atoms with Gasteiger partial charge in [-0.25, -0.2) is 9.78 Å². The molecule has 0 saturated heterocycles.